The minimum absolute atomic E-state index is 0.145. The fourth-order valence-electron chi connectivity index (χ4n) is 3.77. The number of rotatable bonds is 11. The molecule has 0 bridgehead atoms. The number of halogens is 3. The fourth-order valence-corrected chi connectivity index (χ4v) is 4.73. The van der Waals surface area contributed by atoms with Gasteiger partial charge in [-0.05, 0) is 42.7 Å². The number of alkyl halides is 3. The van der Waals surface area contributed by atoms with Crippen molar-refractivity contribution in [2.45, 2.75) is 38.1 Å². The van der Waals surface area contributed by atoms with Crippen LogP contribution in [0.4, 0.5) is 13.2 Å². The molecule has 0 amide bonds. The summed E-state index contributed by atoms with van der Waals surface area (Å²) >= 11 is 1.10. The Morgan fingerprint density at radius 3 is 2.53 bits per heavy atom. The first-order valence-electron chi connectivity index (χ1n) is 11.1. The summed E-state index contributed by atoms with van der Waals surface area (Å²) in [5.74, 6) is -0.758. The van der Waals surface area contributed by atoms with Crippen LogP contribution in [0.3, 0.4) is 0 Å². The van der Waals surface area contributed by atoms with E-state index >= 15 is 0 Å². The summed E-state index contributed by atoms with van der Waals surface area (Å²) in [5.41, 5.74) is 2.66. The summed E-state index contributed by atoms with van der Waals surface area (Å²) in [4.78, 5) is 23.6. The van der Waals surface area contributed by atoms with Gasteiger partial charge in [0.25, 0.3) is 0 Å². The van der Waals surface area contributed by atoms with Crippen LogP contribution < -0.4 is 9.61 Å². The van der Waals surface area contributed by atoms with Gasteiger partial charge in [-0.2, -0.15) is 13.2 Å². The number of aromatic nitrogens is 1. The van der Waals surface area contributed by atoms with Gasteiger partial charge in [0.15, 0.2) is 6.10 Å². The highest BCUT2D eigenvalue weighted by molar-refractivity contribution is 7.16. The molecule has 1 aromatic heterocycles. The lowest BCUT2D eigenvalue weighted by molar-refractivity contribution is -0.192. The number of nitrogens with zero attached hydrogens (tertiary/aromatic N) is 2. The van der Waals surface area contributed by atoms with Crippen molar-refractivity contribution in [3.63, 3.8) is 0 Å². The van der Waals surface area contributed by atoms with Gasteiger partial charge in [-0.3, -0.25) is 9.36 Å². The highest BCUT2D eigenvalue weighted by Gasteiger charge is 2.31. The SMILES string of the molecule is O=C(O)C(Cc1ccc(OCCn2c(=O)sc3cc(/C(=N\O)C4CC4)ccc32)cc1)OCC(F)(F)F. The molecule has 0 radical (unpaired) electrons. The smallest absolute Gasteiger partial charge is 0.411 e. The Balaban J connectivity index is 1.35. The number of ether oxygens (including phenoxy) is 2. The number of hydrogen-bond donors (Lipinski definition) is 2. The molecule has 0 spiro atoms. The van der Waals surface area contributed by atoms with Crippen molar-refractivity contribution in [3.05, 3.63) is 63.3 Å². The van der Waals surface area contributed by atoms with Crippen molar-refractivity contribution in [1.82, 2.24) is 4.57 Å². The third-order valence-corrected chi connectivity index (χ3v) is 6.63. The van der Waals surface area contributed by atoms with Gasteiger partial charge in [0.05, 0.1) is 22.5 Å². The van der Waals surface area contributed by atoms with Gasteiger partial charge in [-0.25, -0.2) is 4.79 Å². The molecule has 12 heteroatoms. The largest absolute Gasteiger partial charge is 0.492 e. The predicted octanol–water partition coefficient (Wildman–Crippen LogP) is 4.30. The number of fused-ring (bicyclic) bond motifs is 1. The van der Waals surface area contributed by atoms with Gasteiger partial charge >= 0.3 is 17.0 Å². The van der Waals surface area contributed by atoms with Crippen molar-refractivity contribution in [1.29, 1.82) is 0 Å². The Morgan fingerprint density at radius 1 is 1.19 bits per heavy atom. The van der Waals surface area contributed by atoms with E-state index in [9.17, 15) is 28.0 Å². The molecule has 1 atom stereocenters. The number of carbonyl (C=O) groups is 1. The second-order valence-electron chi connectivity index (χ2n) is 8.41. The zero-order chi connectivity index (χ0) is 25.9. The molecule has 4 rings (SSSR count). The molecule has 1 fully saturated rings. The predicted molar refractivity (Wildman–Crippen MR) is 126 cm³/mol. The number of oxime groups is 1. The van der Waals surface area contributed by atoms with Crippen LogP contribution in [0.15, 0.2) is 52.4 Å². The topological polar surface area (TPSA) is 110 Å². The maximum atomic E-state index is 12.5. The molecule has 1 unspecified atom stereocenters. The molecule has 1 saturated carbocycles. The van der Waals surface area contributed by atoms with Crippen LogP contribution in [0.1, 0.15) is 24.0 Å². The minimum Gasteiger partial charge on any atom is -0.492 e. The van der Waals surface area contributed by atoms with E-state index in [-0.39, 0.29) is 30.4 Å². The molecule has 192 valence electrons. The Kier molecular flexibility index (Phi) is 7.65. The molecule has 1 aliphatic rings. The zero-order valence-corrected chi connectivity index (χ0v) is 19.7. The van der Waals surface area contributed by atoms with Crippen molar-refractivity contribution in [2.75, 3.05) is 13.2 Å². The standard InChI is InChI=1S/C24H23F3N2O6S/c25-24(26,27)13-35-19(22(30)31)11-14-1-6-17(7-2-14)34-10-9-29-18-8-5-16(12-20(18)36-23(29)32)21(28-33)15-3-4-15/h1-2,5-8,12,15,19,33H,3-4,9-11,13H2,(H,30,31)/b28-21-. The molecule has 36 heavy (non-hydrogen) atoms. The van der Waals surface area contributed by atoms with Crippen LogP contribution in [-0.4, -0.2) is 52.1 Å². The van der Waals surface area contributed by atoms with E-state index in [1.165, 1.54) is 0 Å². The first kappa shape index (κ1) is 25.7. The van der Waals surface area contributed by atoms with E-state index in [1.54, 1.807) is 28.8 Å². The van der Waals surface area contributed by atoms with Crippen LogP contribution in [0.25, 0.3) is 10.2 Å². The van der Waals surface area contributed by atoms with E-state index < -0.39 is 24.9 Å². The van der Waals surface area contributed by atoms with Gasteiger partial charge in [0.2, 0.25) is 0 Å². The summed E-state index contributed by atoms with van der Waals surface area (Å²) in [5, 5.41) is 21.9. The van der Waals surface area contributed by atoms with Crippen LogP contribution >= 0.6 is 11.3 Å². The van der Waals surface area contributed by atoms with Crippen LogP contribution in [-0.2, 0) is 22.5 Å². The lowest BCUT2D eigenvalue weighted by atomic mass is 10.1. The number of carboxylic acid groups (broad SMARTS) is 1. The number of thiazole rings is 1. The second kappa shape index (κ2) is 10.7. The first-order valence-corrected chi connectivity index (χ1v) is 11.9. The van der Waals surface area contributed by atoms with E-state index in [1.807, 2.05) is 18.2 Å². The third-order valence-electron chi connectivity index (χ3n) is 5.69. The molecule has 8 nitrogen and oxygen atoms in total. The van der Waals surface area contributed by atoms with Crippen molar-refractivity contribution in [3.8, 4) is 5.75 Å². The summed E-state index contributed by atoms with van der Waals surface area (Å²) in [6.07, 6.45) is -4.50. The van der Waals surface area contributed by atoms with E-state index in [0.717, 1.165) is 40.0 Å². The van der Waals surface area contributed by atoms with Gasteiger partial charge in [0, 0.05) is 17.9 Å². The molecule has 0 aliphatic heterocycles. The normalized spacial score (nSPS) is 15.2. The first-order chi connectivity index (χ1) is 17.1. The Bertz CT molecular complexity index is 1310. The quantitative estimate of drug-likeness (QED) is 0.220. The highest BCUT2D eigenvalue weighted by Crippen LogP contribution is 2.34. The van der Waals surface area contributed by atoms with Crippen LogP contribution in [0.5, 0.6) is 5.75 Å². The number of hydrogen-bond acceptors (Lipinski definition) is 7. The van der Waals surface area contributed by atoms with E-state index in [4.69, 9.17) is 9.84 Å². The summed E-state index contributed by atoms with van der Waals surface area (Å²) < 4.78 is 49.6. The summed E-state index contributed by atoms with van der Waals surface area (Å²) in [6, 6.07) is 11.8. The average Bonchev–Trinajstić information content (AvgIpc) is 3.61. The van der Waals surface area contributed by atoms with E-state index in [2.05, 4.69) is 9.89 Å². The molecular weight excluding hydrogens is 501 g/mol. The van der Waals surface area contributed by atoms with Gasteiger partial charge in [0.1, 0.15) is 19.0 Å². The molecule has 3 aromatic rings. The van der Waals surface area contributed by atoms with Gasteiger partial charge in [-0.1, -0.05) is 34.7 Å². The molecule has 1 aliphatic carbocycles. The Labute approximate surface area is 207 Å². The summed E-state index contributed by atoms with van der Waals surface area (Å²) in [6.45, 7) is -1.17. The number of carboxylic acids is 1. The monoisotopic (exact) mass is 524 g/mol. The maximum Gasteiger partial charge on any atom is 0.411 e. The van der Waals surface area contributed by atoms with Crippen molar-refractivity contribution in [2.24, 2.45) is 11.1 Å². The van der Waals surface area contributed by atoms with Gasteiger partial charge < -0.3 is 19.8 Å². The number of aliphatic carboxylic acids is 1. The maximum absolute atomic E-state index is 12.5. The Morgan fingerprint density at radius 2 is 1.92 bits per heavy atom. The molecule has 2 N–H and O–H groups in total. The molecule has 0 saturated heterocycles. The minimum atomic E-state index is -4.61. The second-order valence-corrected chi connectivity index (χ2v) is 9.40. The average molecular weight is 525 g/mol. The highest BCUT2D eigenvalue weighted by atomic mass is 32.1. The third kappa shape index (κ3) is 6.43. The fraction of sp³-hybridized carbons (Fsp3) is 0.375. The van der Waals surface area contributed by atoms with Gasteiger partial charge in [-0.15, -0.1) is 0 Å². The number of benzene rings is 2. The lowest BCUT2D eigenvalue weighted by Gasteiger charge is -2.15. The van der Waals surface area contributed by atoms with Crippen molar-refractivity contribution >= 4 is 33.2 Å². The van der Waals surface area contributed by atoms with Crippen LogP contribution in [0.2, 0.25) is 0 Å². The molecule has 1 heterocycles. The molecule has 2 aromatic carbocycles. The Hall–Kier alpha value is -3.38. The zero-order valence-electron chi connectivity index (χ0n) is 18.9. The summed E-state index contributed by atoms with van der Waals surface area (Å²) in [7, 11) is 0. The van der Waals surface area contributed by atoms with Crippen LogP contribution in [0, 0.1) is 5.92 Å². The van der Waals surface area contributed by atoms with Crippen molar-refractivity contribution < 1.29 is 37.8 Å². The lowest BCUT2D eigenvalue weighted by Crippen LogP contribution is -2.31. The molecular formula is C24H23F3N2O6S. The van der Waals surface area contributed by atoms with E-state index in [0.29, 0.717) is 17.0 Å².